The molecule has 1 amide bonds. The van der Waals surface area contributed by atoms with Crippen LogP contribution in [0.5, 0.6) is 0 Å². The number of carbonyl (C=O) groups excluding carboxylic acids is 1. The number of rotatable bonds is 3. The van der Waals surface area contributed by atoms with Gasteiger partial charge in [0, 0.05) is 44.1 Å². The van der Waals surface area contributed by atoms with Gasteiger partial charge < -0.3 is 9.80 Å². The first-order chi connectivity index (χ1) is 10.3. The predicted molar refractivity (Wildman–Crippen MR) is 81.6 cm³/mol. The van der Waals surface area contributed by atoms with E-state index in [1.807, 2.05) is 41.4 Å². The SMILES string of the molecule is CCN1CCN(C(=O)c2ccc(-n3cccn3)cc2)CC1. The van der Waals surface area contributed by atoms with Gasteiger partial charge >= 0.3 is 0 Å². The average Bonchev–Trinajstić information content (AvgIpc) is 3.09. The molecule has 3 rings (SSSR count). The van der Waals surface area contributed by atoms with Crippen LogP contribution < -0.4 is 0 Å². The Kier molecular flexibility index (Phi) is 4.01. The van der Waals surface area contributed by atoms with Gasteiger partial charge in [0.25, 0.3) is 5.91 Å². The molecule has 1 aliphatic heterocycles. The summed E-state index contributed by atoms with van der Waals surface area (Å²) in [6.07, 6.45) is 3.63. The van der Waals surface area contributed by atoms with Crippen molar-refractivity contribution in [2.75, 3.05) is 32.7 Å². The highest BCUT2D eigenvalue weighted by Gasteiger charge is 2.21. The van der Waals surface area contributed by atoms with Crippen LogP contribution in [-0.2, 0) is 0 Å². The summed E-state index contributed by atoms with van der Waals surface area (Å²) in [6.45, 7) is 6.77. The zero-order valence-corrected chi connectivity index (χ0v) is 12.3. The van der Waals surface area contributed by atoms with Crippen molar-refractivity contribution in [2.45, 2.75) is 6.92 Å². The molecule has 1 saturated heterocycles. The first-order valence-corrected chi connectivity index (χ1v) is 7.39. The second-order valence-electron chi connectivity index (χ2n) is 5.22. The van der Waals surface area contributed by atoms with Crippen molar-refractivity contribution in [3.63, 3.8) is 0 Å². The van der Waals surface area contributed by atoms with E-state index < -0.39 is 0 Å². The molecule has 0 spiro atoms. The van der Waals surface area contributed by atoms with E-state index >= 15 is 0 Å². The highest BCUT2D eigenvalue weighted by Crippen LogP contribution is 2.12. The van der Waals surface area contributed by atoms with E-state index in [-0.39, 0.29) is 5.91 Å². The third-order valence-electron chi connectivity index (χ3n) is 3.99. The van der Waals surface area contributed by atoms with Gasteiger partial charge in [-0.15, -0.1) is 0 Å². The van der Waals surface area contributed by atoms with E-state index in [1.165, 1.54) is 0 Å². The zero-order valence-electron chi connectivity index (χ0n) is 12.3. The molecular weight excluding hydrogens is 264 g/mol. The fourth-order valence-corrected chi connectivity index (χ4v) is 2.63. The molecule has 0 radical (unpaired) electrons. The number of hydrogen-bond acceptors (Lipinski definition) is 3. The lowest BCUT2D eigenvalue weighted by Gasteiger charge is -2.34. The minimum atomic E-state index is 0.123. The second kappa shape index (κ2) is 6.10. The van der Waals surface area contributed by atoms with E-state index in [0.717, 1.165) is 44.0 Å². The summed E-state index contributed by atoms with van der Waals surface area (Å²) >= 11 is 0. The van der Waals surface area contributed by atoms with E-state index in [1.54, 1.807) is 10.9 Å². The van der Waals surface area contributed by atoms with Crippen molar-refractivity contribution in [2.24, 2.45) is 0 Å². The lowest BCUT2D eigenvalue weighted by Crippen LogP contribution is -2.48. The summed E-state index contributed by atoms with van der Waals surface area (Å²) in [5.41, 5.74) is 1.71. The van der Waals surface area contributed by atoms with Gasteiger partial charge in [-0.3, -0.25) is 4.79 Å². The molecule has 110 valence electrons. The molecule has 5 heteroatoms. The van der Waals surface area contributed by atoms with Crippen LogP contribution in [0.15, 0.2) is 42.7 Å². The molecular formula is C16H20N4O. The number of aromatic nitrogens is 2. The van der Waals surface area contributed by atoms with Gasteiger partial charge in [-0.05, 0) is 36.9 Å². The number of likely N-dealkylation sites (N-methyl/N-ethyl adjacent to an activating group) is 1. The van der Waals surface area contributed by atoms with Crippen LogP contribution >= 0.6 is 0 Å². The Hall–Kier alpha value is -2.14. The van der Waals surface area contributed by atoms with Gasteiger partial charge in [-0.25, -0.2) is 4.68 Å². The largest absolute Gasteiger partial charge is 0.336 e. The second-order valence-corrected chi connectivity index (χ2v) is 5.22. The van der Waals surface area contributed by atoms with Gasteiger partial charge in [-0.2, -0.15) is 5.10 Å². The summed E-state index contributed by atoms with van der Waals surface area (Å²) in [5.74, 6) is 0.123. The van der Waals surface area contributed by atoms with Crippen molar-refractivity contribution >= 4 is 5.91 Å². The van der Waals surface area contributed by atoms with Crippen LogP contribution in [0.1, 0.15) is 17.3 Å². The quantitative estimate of drug-likeness (QED) is 0.860. The Balaban J connectivity index is 1.68. The molecule has 0 bridgehead atoms. The summed E-state index contributed by atoms with van der Waals surface area (Å²) in [6, 6.07) is 9.51. The van der Waals surface area contributed by atoms with Crippen LogP contribution in [0.3, 0.4) is 0 Å². The molecule has 0 saturated carbocycles. The third-order valence-corrected chi connectivity index (χ3v) is 3.99. The molecule has 0 aliphatic carbocycles. The smallest absolute Gasteiger partial charge is 0.253 e. The molecule has 2 heterocycles. The number of carbonyl (C=O) groups is 1. The third kappa shape index (κ3) is 2.97. The fraction of sp³-hybridized carbons (Fsp3) is 0.375. The first-order valence-electron chi connectivity index (χ1n) is 7.39. The Morgan fingerprint density at radius 1 is 1.14 bits per heavy atom. The number of amides is 1. The molecule has 2 aromatic rings. The summed E-state index contributed by atoms with van der Waals surface area (Å²) in [7, 11) is 0. The fourth-order valence-electron chi connectivity index (χ4n) is 2.63. The predicted octanol–water partition coefficient (Wildman–Crippen LogP) is 1.65. The lowest BCUT2D eigenvalue weighted by atomic mass is 10.1. The Labute approximate surface area is 124 Å². The topological polar surface area (TPSA) is 41.4 Å². The maximum Gasteiger partial charge on any atom is 0.253 e. The molecule has 1 aliphatic rings. The number of piperazine rings is 1. The van der Waals surface area contributed by atoms with Gasteiger partial charge in [0.05, 0.1) is 5.69 Å². The highest BCUT2D eigenvalue weighted by atomic mass is 16.2. The van der Waals surface area contributed by atoms with Crippen molar-refractivity contribution in [3.05, 3.63) is 48.3 Å². The Morgan fingerprint density at radius 3 is 2.43 bits per heavy atom. The maximum atomic E-state index is 12.5. The number of benzene rings is 1. The normalized spacial score (nSPS) is 16.1. The molecule has 0 unspecified atom stereocenters. The molecule has 0 N–H and O–H groups in total. The van der Waals surface area contributed by atoms with Gasteiger partial charge in [-0.1, -0.05) is 6.92 Å². The number of nitrogens with zero attached hydrogens (tertiary/aromatic N) is 4. The molecule has 0 atom stereocenters. The van der Waals surface area contributed by atoms with E-state index in [2.05, 4.69) is 16.9 Å². The lowest BCUT2D eigenvalue weighted by molar-refractivity contribution is 0.0643. The van der Waals surface area contributed by atoms with Gasteiger partial charge in [0.1, 0.15) is 0 Å². The molecule has 21 heavy (non-hydrogen) atoms. The minimum Gasteiger partial charge on any atom is -0.336 e. The molecule has 1 aromatic heterocycles. The summed E-state index contributed by atoms with van der Waals surface area (Å²) < 4.78 is 1.79. The Bertz CT molecular complexity index is 583. The maximum absolute atomic E-state index is 12.5. The monoisotopic (exact) mass is 284 g/mol. The molecule has 5 nitrogen and oxygen atoms in total. The van der Waals surface area contributed by atoms with Crippen molar-refractivity contribution < 1.29 is 4.79 Å². The van der Waals surface area contributed by atoms with Crippen molar-refractivity contribution in [3.8, 4) is 5.69 Å². The highest BCUT2D eigenvalue weighted by molar-refractivity contribution is 5.94. The van der Waals surface area contributed by atoms with Crippen molar-refractivity contribution in [1.29, 1.82) is 0 Å². The number of hydrogen-bond donors (Lipinski definition) is 0. The van der Waals surface area contributed by atoms with Crippen LogP contribution in [-0.4, -0.2) is 58.2 Å². The van der Waals surface area contributed by atoms with E-state index in [9.17, 15) is 4.79 Å². The van der Waals surface area contributed by atoms with Crippen LogP contribution in [0.4, 0.5) is 0 Å². The van der Waals surface area contributed by atoms with Crippen LogP contribution in [0.25, 0.3) is 5.69 Å². The zero-order chi connectivity index (χ0) is 14.7. The van der Waals surface area contributed by atoms with Crippen molar-refractivity contribution in [1.82, 2.24) is 19.6 Å². The van der Waals surface area contributed by atoms with Gasteiger partial charge in [0.2, 0.25) is 0 Å². The molecule has 1 fully saturated rings. The summed E-state index contributed by atoms with van der Waals surface area (Å²) in [4.78, 5) is 16.8. The molecule has 1 aromatic carbocycles. The average molecular weight is 284 g/mol. The summed E-state index contributed by atoms with van der Waals surface area (Å²) in [5, 5.41) is 4.18. The standard InChI is InChI=1S/C16H20N4O/c1-2-18-10-12-19(13-11-18)16(21)14-4-6-15(7-5-14)20-9-3-8-17-20/h3-9H,2,10-13H2,1H3. The van der Waals surface area contributed by atoms with E-state index in [0.29, 0.717) is 0 Å². The van der Waals surface area contributed by atoms with E-state index in [4.69, 9.17) is 0 Å². The minimum absolute atomic E-state index is 0.123. The Morgan fingerprint density at radius 2 is 1.86 bits per heavy atom. The van der Waals surface area contributed by atoms with Crippen LogP contribution in [0, 0.1) is 0 Å². The van der Waals surface area contributed by atoms with Crippen LogP contribution in [0.2, 0.25) is 0 Å². The first kappa shape index (κ1) is 13.8. The van der Waals surface area contributed by atoms with Gasteiger partial charge in [0.15, 0.2) is 0 Å².